The van der Waals surface area contributed by atoms with Crippen LogP contribution < -0.4 is 4.90 Å². The zero-order valence-corrected chi connectivity index (χ0v) is 12.5. The second-order valence-electron chi connectivity index (χ2n) is 6.05. The van der Waals surface area contributed by atoms with Gasteiger partial charge in [0.15, 0.2) is 0 Å². The third-order valence-electron chi connectivity index (χ3n) is 4.71. The molecule has 0 aromatic heterocycles. The molecule has 114 valence electrons. The van der Waals surface area contributed by atoms with Gasteiger partial charge in [-0.05, 0) is 51.0 Å². The number of benzene rings is 1. The Hall–Kier alpha value is -2.43. The Labute approximate surface area is 128 Å². The molecule has 0 spiro atoms. The molecule has 5 heteroatoms. The first-order valence-corrected chi connectivity index (χ1v) is 7.26. The zero-order chi connectivity index (χ0) is 16.0. The van der Waals surface area contributed by atoms with Gasteiger partial charge in [0.25, 0.3) is 0 Å². The Morgan fingerprint density at radius 1 is 1.00 bits per heavy atom. The van der Waals surface area contributed by atoms with Gasteiger partial charge in [-0.2, -0.15) is 0 Å². The van der Waals surface area contributed by atoms with Gasteiger partial charge >= 0.3 is 5.97 Å². The summed E-state index contributed by atoms with van der Waals surface area (Å²) < 4.78 is 0. The first-order chi connectivity index (χ1) is 10.4. The molecule has 0 radical (unpaired) electrons. The van der Waals surface area contributed by atoms with Crippen LogP contribution in [0.15, 0.2) is 35.4 Å². The highest BCUT2D eigenvalue weighted by Gasteiger charge is 2.49. The van der Waals surface area contributed by atoms with Crippen molar-refractivity contribution in [3.8, 4) is 0 Å². The normalized spacial score (nSPS) is 24.7. The van der Waals surface area contributed by atoms with Crippen molar-refractivity contribution < 1.29 is 19.5 Å². The molecule has 2 amide bonds. The molecule has 1 aliphatic carbocycles. The highest BCUT2D eigenvalue weighted by molar-refractivity contribution is 6.22. The molecular formula is C17H17NO4. The second kappa shape index (κ2) is 5.09. The standard InChI is InChI=1S/C17H17NO4/c1-9-7-13-14(8-10(9)2)16(20)18(15(13)19)12-5-3-11(4-6-12)17(21)22/h3-6,13-14H,7-8H2,1-2H3,(H,21,22)/t13-,14-/m0/s1. The lowest BCUT2D eigenvalue weighted by molar-refractivity contribution is -0.122. The van der Waals surface area contributed by atoms with E-state index in [2.05, 4.69) is 0 Å². The van der Waals surface area contributed by atoms with E-state index in [1.54, 1.807) is 0 Å². The smallest absolute Gasteiger partial charge is 0.335 e. The van der Waals surface area contributed by atoms with Gasteiger partial charge in [0, 0.05) is 0 Å². The Balaban J connectivity index is 1.92. The molecule has 22 heavy (non-hydrogen) atoms. The number of allylic oxidation sites excluding steroid dienone is 2. The predicted octanol–water partition coefficient (Wildman–Crippen LogP) is 2.62. The average molecular weight is 299 g/mol. The number of carbonyl (C=O) groups excluding carboxylic acids is 2. The number of hydrogen-bond acceptors (Lipinski definition) is 3. The molecule has 2 atom stereocenters. The van der Waals surface area contributed by atoms with Gasteiger partial charge in [-0.25, -0.2) is 4.79 Å². The average Bonchev–Trinajstić information content (AvgIpc) is 2.72. The number of fused-ring (bicyclic) bond motifs is 1. The molecule has 2 aliphatic rings. The van der Waals surface area contributed by atoms with Crippen LogP contribution in [-0.2, 0) is 9.59 Å². The summed E-state index contributed by atoms with van der Waals surface area (Å²) in [5.41, 5.74) is 2.95. The minimum Gasteiger partial charge on any atom is -0.478 e. The summed E-state index contributed by atoms with van der Waals surface area (Å²) >= 11 is 0. The van der Waals surface area contributed by atoms with Crippen LogP contribution in [0.5, 0.6) is 0 Å². The minimum absolute atomic E-state index is 0.133. The van der Waals surface area contributed by atoms with Crippen LogP contribution >= 0.6 is 0 Å². The van der Waals surface area contributed by atoms with Crippen LogP contribution in [0, 0.1) is 11.8 Å². The summed E-state index contributed by atoms with van der Waals surface area (Å²) in [4.78, 5) is 37.3. The summed E-state index contributed by atoms with van der Waals surface area (Å²) in [6, 6.07) is 5.86. The number of carbonyl (C=O) groups is 3. The third-order valence-corrected chi connectivity index (χ3v) is 4.71. The van der Waals surface area contributed by atoms with E-state index in [4.69, 9.17) is 5.11 Å². The molecule has 0 bridgehead atoms. The fraction of sp³-hybridized carbons (Fsp3) is 0.353. The van der Waals surface area contributed by atoms with Gasteiger partial charge < -0.3 is 5.11 Å². The van der Waals surface area contributed by atoms with Crippen molar-refractivity contribution in [3.63, 3.8) is 0 Å². The van der Waals surface area contributed by atoms with Crippen molar-refractivity contribution >= 4 is 23.5 Å². The van der Waals surface area contributed by atoms with Gasteiger partial charge in [-0.15, -0.1) is 0 Å². The number of carboxylic acid groups (broad SMARTS) is 1. The minimum atomic E-state index is -1.03. The molecule has 1 heterocycles. The molecule has 1 aliphatic heterocycles. The van der Waals surface area contributed by atoms with E-state index in [1.807, 2.05) is 13.8 Å². The lowest BCUT2D eigenvalue weighted by atomic mass is 9.78. The fourth-order valence-corrected chi connectivity index (χ4v) is 3.26. The van der Waals surface area contributed by atoms with E-state index in [0.29, 0.717) is 18.5 Å². The highest BCUT2D eigenvalue weighted by Crippen LogP contribution is 2.42. The number of carboxylic acids is 1. The van der Waals surface area contributed by atoms with Crippen LogP contribution in [0.1, 0.15) is 37.0 Å². The van der Waals surface area contributed by atoms with E-state index in [9.17, 15) is 14.4 Å². The number of rotatable bonds is 2. The molecule has 5 nitrogen and oxygen atoms in total. The van der Waals surface area contributed by atoms with Crippen molar-refractivity contribution in [2.45, 2.75) is 26.7 Å². The number of imide groups is 1. The van der Waals surface area contributed by atoms with E-state index < -0.39 is 5.97 Å². The van der Waals surface area contributed by atoms with Gasteiger partial charge in [0.05, 0.1) is 23.1 Å². The van der Waals surface area contributed by atoms with Gasteiger partial charge in [0.2, 0.25) is 11.8 Å². The Morgan fingerprint density at radius 3 is 1.86 bits per heavy atom. The van der Waals surface area contributed by atoms with Crippen LogP contribution in [0.25, 0.3) is 0 Å². The molecule has 1 fully saturated rings. The van der Waals surface area contributed by atoms with Crippen molar-refractivity contribution in [2.24, 2.45) is 11.8 Å². The molecule has 3 rings (SSSR count). The van der Waals surface area contributed by atoms with Crippen molar-refractivity contribution in [2.75, 3.05) is 4.90 Å². The SMILES string of the molecule is CC1=C(C)C[C@@H]2C(=O)N(c3ccc(C(=O)O)cc3)C(=O)[C@H]2C1. The maximum atomic E-state index is 12.6. The molecule has 1 saturated heterocycles. The van der Waals surface area contributed by atoms with E-state index >= 15 is 0 Å². The van der Waals surface area contributed by atoms with Crippen LogP contribution in [0.4, 0.5) is 5.69 Å². The molecule has 0 saturated carbocycles. The first-order valence-electron chi connectivity index (χ1n) is 7.26. The Kier molecular flexibility index (Phi) is 3.35. The fourth-order valence-electron chi connectivity index (χ4n) is 3.26. The second-order valence-corrected chi connectivity index (χ2v) is 6.05. The lowest BCUT2D eigenvalue weighted by Gasteiger charge is -2.23. The number of anilines is 1. The van der Waals surface area contributed by atoms with Crippen molar-refractivity contribution in [1.82, 2.24) is 0 Å². The van der Waals surface area contributed by atoms with Gasteiger partial charge in [-0.3, -0.25) is 14.5 Å². The molecule has 1 aromatic carbocycles. The summed E-state index contributed by atoms with van der Waals surface area (Å²) in [5, 5.41) is 8.92. The summed E-state index contributed by atoms with van der Waals surface area (Å²) in [6.45, 7) is 4.02. The quantitative estimate of drug-likeness (QED) is 0.673. The lowest BCUT2D eigenvalue weighted by Crippen LogP contribution is -2.30. The zero-order valence-electron chi connectivity index (χ0n) is 12.5. The maximum Gasteiger partial charge on any atom is 0.335 e. The number of amides is 2. The van der Waals surface area contributed by atoms with Crippen LogP contribution in [0.2, 0.25) is 0 Å². The number of aromatic carboxylic acids is 1. The third kappa shape index (κ3) is 2.13. The van der Waals surface area contributed by atoms with E-state index in [-0.39, 0.29) is 29.2 Å². The summed E-state index contributed by atoms with van der Waals surface area (Å²) in [6.07, 6.45) is 1.26. The Bertz CT molecular complexity index is 670. The molecule has 0 unspecified atom stereocenters. The Morgan fingerprint density at radius 2 is 1.45 bits per heavy atom. The monoisotopic (exact) mass is 299 g/mol. The largest absolute Gasteiger partial charge is 0.478 e. The predicted molar refractivity (Wildman–Crippen MR) is 80.5 cm³/mol. The highest BCUT2D eigenvalue weighted by atomic mass is 16.4. The topological polar surface area (TPSA) is 74.7 Å². The number of nitrogens with zero attached hydrogens (tertiary/aromatic N) is 1. The maximum absolute atomic E-state index is 12.6. The molecule has 1 N–H and O–H groups in total. The van der Waals surface area contributed by atoms with Crippen molar-refractivity contribution in [1.29, 1.82) is 0 Å². The van der Waals surface area contributed by atoms with Gasteiger partial charge in [0.1, 0.15) is 0 Å². The summed E-state index contributed by atoms with van der Waals surface area (Å²) in [7, 11) is 0. The van der Waals surface area contributed by atoms with E-state index in [1.165, 1.54) is 40.3 Å². The molecular weight excluding hydrogens is 282 g/mol. The van der Waals surface area contributed by atoms with Crippen LogP contribution in [0.3, 0.4) is 0 Å². The first kappa shape index (κ1) is 14.5. The summed E-state index contributed by atoms with van der Waals surface area (Å²) in [5.74, 6) is -1.95. The number of hydrogen-bond donors (Lipinski definition) is 1. The van der Waals surface area contributed by atoms with E-state index in [0.717, 1.165) is 0 Å². The van der Waals surface area contributed by atoms with Crippen molar-refractivity contribution in [3.05, 3.63) is 41.0 Å². The van der Waals surface area contributed by atoms with Gasteiger partial charge in [-0.1, -0.05) is 11.1 Å². The van der Waals surface area contributed by atoms with Crippen LogP contribution in [-0.4, -0.2) is 22.9 Å². The molecule has 1 aromatic rings.